The molecule has 0 fully saturated rings. The summed E-state index contributed by atoms with van der Waals surface area (Å²) >= 11 is 0. The molecule has 148 valence electrons. The van der Waals surface area contributed by atoms with Gasteiger partial charge >= 0.3 is 5.97 Å². The molecule has 0 aliphatic heterocycles. The first-order chi connectivity index (χ1) is 14.0. The number of ether oxygens (including phenoxy) is 2. The zero-order valence-electron chi connectivity index (χ0n) is 16.1. The van der Waals surface area contributed by atoms with Crippen molar-refractivity contribution in [3.63, 3.8) is 0 Å². The van der Waals surface area contributed by atoms with E-state index in [0.29, 0.717) is 34.1 Å². The second kappa shape index (κ2) is 8.83. The summed E-state index contributed by atoms with van der Waals surface area (Å²) in [6.45, 7) is 2.97. The summed E-state index contributed by atoms with van der Waals surface area (Å²) in [4.78, 5) is 23.7. The van der Waals surface area contributed by atoms with Crippen molar-refractivity contribution in [3.8, 4) is 22.8 Å². The van der Waals surface area contributed by atoms with E-state index in [1.54, 1.807) is 25.1 Å². The van der Waals surface area contributed by atoms with Crippen LogP contribution in [0.1, 0.15) is 28.6 Å². The standard InChI is InChI=1S/C21H19N3O5/c1-13-19(20(24-29-13)16-7-5-4-6-8-16)21(26)23-22-12-15-9-10-17(28-14(2)25)18(11-15)27-3/h4-12H,1-3H3,(H,23,26)/b22-12+. The molecule has 3 rings (SSSR count). The van der Waals surface area contributed by atoms with Gasteiger partial charge in [0, 0.05) is 12.5 Å². The summed E-state index contributed by atoms with van der Waals surface area (Å²) in [5, 5.41) is 7.97. The second-order valence-electron chi connectivity index (χ2n) is 6.03. The Morgan fingerprint density at radius 1 is 1.14 bits per heavy atom. The lowest BCUT2D eigenvalue weighted by molar-refractivity contribution is -0.132. The largest absolute Gasteiger partial charge is 0.493 e. The number of nitrogens with zero attached hydrogens (tertiary/aromatic N) is 2. The monoisotopic (exact) mass is 393 g/mol. The van der Waals surface area contributed by atoms with Gasteiger partial charge in [0.05, 0.1) is 13.3 Å². The Kier molecular flexibility index (Phi) is 6.03. The molecule has 8 nitrogen and oxygen atoms in total. The van der Waals surface area contributed by atoms with Crippen LogP contribution in [-0.2, 0) is 4.79 Å². The van der Waals surface area contributed by atoms with Crippen LogP contribution in [0, 0.1) is 6.92 Å². The van der Waals surface area contributed by atoms with Crippen molar-refractivity contribution in [3.05, 3.63) is 65.4 Å². The number of benzene rings is 2. The molecule has 0 aliphatic carbocycles. The number of hydrogen-bond donors (Lipinski definition) is 1. The summed E-state index contributed by atoms with van der Waals surface area (Å²) < 4.78 is 15.5. The minimum atomic E-state index is -0.449. The maximum absolute atomic E-state index is 12.6. The molecule has 1 amide bonds. The number of hydrogen-bond acceptors (Lipinski definition) is 7. The molecule has 0 radical (unpaired) electrons. The summed E-state index contributed by atoms with van der Waals surface area (Å²) in [7, 11) is 1.46. The van der Waals surface area contributed by atoms with E-state index in [2.05, 4.69) is 15.7 Å². The minimum Gasteiger partial charge on any atom is -0.493 e. The van der Waals surface area contributed by atoms with E-state index < -0.39 is 11.9 Å². The van der Waals surface area contributed by atoms with Gasteiger partial charge in [-0.2, -0.15) is 5.10 Å². The van der Waals surface area contributed by atoms with E-state index >= 15 is 0 Å². The van der Waals surface area contributed by atoms with Gasteiger partial charge < -0.3 is 14.0 Å². The molecule has 0 saturated heterocycles. The number of esters is 1. The third-order valence-corrected chi connectivity index (χ3v) is 3.96. The Labute approximate surface area is 167 Å². The van der Waals surface area contributed by atoms with E-state index in [1.807, 2.05) is 30.3 Å². The summed E-state index contributed by atoms with van der Waals surface area (Å²) in [5.41, 5.74) is 4.65. The number of hydrazone groups is 1. The molecule has 2 aromatic carbocycles. The minimum absolute atomic E-state index is 0.300. The maximum atomic E-state index is 12.6. The van der Waals surface area contributed by atoms with Gasteiger partial charge in [-0.3, -0.25) is 9.59 Å². The lowest BCUT2D eigenvalue weighted by Crippen LogP contribution is -2.18. The average Bonchev–Trinajstić information content (AvgIpc) is 3.10. The number of amides is 1. The first kappa shape index (κ1) is 19.8. The van der Waals surface area contributed by atoms with Crippen LogP contribution in [0.15, 0.2) is 58.2 Å². The van der Waals surface area contributed by atoms with Gasteiger partial charge in [0.1, 0.15) is 17.0 Å². The Bertz CT molecular complexity index is 1060. The number of aryl methyl sites for hydroxylation is 1. The van der Waals surface area contributed by atoms with Crippen LogP contribution in [0.5, 0.6) is 11.5 Å². The molecule has 0 aliphatic rings. The molecular weight excluding hydrogens is 374 g/mol. The summed E-state index contributed by atoms with van der Waals surface area (Å²) in [5.74, 6) is 0.173. The smallest absolute Gasteiger partial charge is 0.308 e. The SMILES string of the molecule is COc1cc(/C=N/NC(=O)c2c(-c3ccccc3)noc2C)ccc1OC(C)=O. The molecule has 1 N–H and O–H groups in total. The molecule has 8 heteroatoms. The molecule has 0 bridgehead atoms. The van der Waals surface area contributed by atoms with E-state index in [4.69, 9.17) is 14.0 Å². The topological polar surface area (TPSA) is 103 Å². The first-order valence-corrected chi connectivity index (χ1v) is 8.71. The lowest BCUT2D eigenvalue weighted by atomic mass is 10.1. The van der Waals surface area contributed by atoms with Crippen LogP contribution < -0.4 is 14.9 Å². The van der Waals surface area contributed by atoms with Crippen molar-refractivity contribution in [2.45, 2.75) is 13.8 Å². The quantitative estimate of drug-likeness (QED) is 0.298. The molecule has 3 aromatic rings. The van der Waals surface area contributed by atoms with Gasteiger partial charge in [-0.15, -0.1) is 0 Å². The Morgan fingerprint density at radius 2 is 1.90 bits per heavy atom. The van der Waals surface area contributed by atoms with Gasteiger partial charge in [0.2, 0.25) is 0 Å². The number of methoxy groups -OCH3 is 1. The van der Waals surface area contributed by atoms with Crippen molar-refractivity contribution >= 4 is 18.1 Å². The summed E-state index contributed by atoms with van der Waals surface area (Å²) in [6.07, 6.45) is 1.45. The highest BCUT2D eigenvalue weighted by molar-refractivity contribution is 6.01. The van der Waals surface area contributed by atoms with E-state index in [0.717, 1.165) is 5.56 Å². The second-order valence-corrected chi connectivity index (χ2v) is 6.03. The molecule has 0 spiro atoms. The number of carbonyl (C=O) groups excluding carboxylic acids is 2. The van der Waals surface area contributed by atoms with Crippen molar-refractivity contribution in [1.82, 2.24) is 10.6 Å². The van der Waals surface area contributed by atoms with Crippen LogP contribution in [-0.4, -0.2) is 30.4 Å². The molecular formula is C21H19N3O5. The molecule has 0 atom stereocenters. The molecule has 0 unspecified atom stereocenters. The molecule has 29 heavy (non-hydrogen) atoms. The Hall–Kier alpha value is -3.94. The normalized spacial score (nSPS) is 10.7. The van der Waals surface area contributed by atoms with Gasteiger partial charge in [-0.25, -0.2) is 5.43 Å². The van der Waals surface area contributed by atoms with Crippen molar-refractivity contribution < 1.29 is 23.6 Å². The predicted molar refractivity (Wildman–Crippen MR) is 106 cm³/mol. The van der Waals surface area contributed by atoms with E-state index in [1.165, 1.54) is 20.2 Å². The Balaban J connectivity index is 1.76. The highest BCUT2D eigenvalue weighted by atomic mass is 16.6. The van der Waals surface area contributed by atoms with E-state index in [-0.39, 0.29) is 0 Å². The van der Waals surface area contributed by atoms with Crippen molar-refractivity contribution in [2.75, 3.05) is 7.11 Å². The number of nitrogens with one attached hydrogen (secondary N) is 1. The van der Waals surface area contributed by atoms with Crippen LogP contribution in [0.3, 0.4) is 0 Å². The third-order valence-electron chi connectivity index (χ3n) is 3.96. The zero-order chi connectivity index (χ0) is 20.8. The third kappa shape index (κ3) is 4.67. The van der Waals surface area contributed by atoms with Gasteiger partial charge in [-0.05, 0) is 30.7 Å². The van der Waals surface area contributed by atoms with Gasteiger partial charge in [0.15, 0.2) is 11.5 Å². The zero-order valence-corrected chi connectivity index (χ0v) is 16.1. The fourth-order valence-corrected chi connectivity index (χ4v) is 2.66. The number of aromatic nitrogens is 1. The van der Waals surface area contributed by atoms with Crippen molar-refractivity contribution in [2.24, 2.45) is 5.10 Å². The van der Waals surface area contributed by atoms with E-state index in [9.17, 15) is 9.59 Å². The Morgan fingerprint density at radius 3 is 2.59 bits per heavy atom. The molecule has 1 aromatic heterocycles. The highest BCUT2D eigenvalue weighted by Crippen LogP contribution is 2.28. The molecule has 1 heterocycles. The molecule has 0 saturated carbocycles. The highest BCUT2D eigenvalue weighted by Gasteiger charge is 2.21. The lowest BCUT2D eigenvalue weighted by Gasteiger charge is -2.08. The first-order valence-electron chi connectivity index (χ1n) is 8.71. The van der Waals surface area contributed by atoms with Crippen molar-refractivity contribution in [1.29, 1.82) is 0 Å². The number of carbonyl (C=O) groups is 2. The predicted octanol–water partition coefficient (Wildman–Crippen LogP) is 3.35. The van der Waals surface area contributed by atoms with Crippen LogP contribution in [0.2, 0.25) is 0 Å². The maximum Gasteiger partial charge on any atom is 0.308 e. The average molecular weight is 393 g/mol. The van der Waals surface area contributed by atoms with Gasteiger partial charge in [0.25, 0.3) is 5.91 Å². The number of rotatable bonds is 6. The van der Waals surface area contributed by atoms with Crippen LogP contribution in [0.4, 0.5) is 0 Å². The fraction of sp³-hybridized carbons (Fsp3) is 0.143. The van der Waals surface area contributed by atoms with Crippen LogP contribution >= 0.6 is 0 Å². The fourth-order valence-electron chi connectivity index (χ4n) is 2.66. The summed E-state index contributed by atoms with van der Waals surface area (Å²) in [6, 6.07) is 14.2. The van der Waals surface area contributed by atoms with Crippen LogP contribution in [0.25, 0.3) is 11.3 Å². The van der Waals surface area contributed by atoms with Gasteiger partial charge in [-0.1, -0.05) is 35.5 Å².